The SMILES string of the molecule is CCN(CC)CCCCn1ccc2cc(-c3cc(Nc4ccc(NS(=O)(=O)c5ccc(F)c(Cl)c5)cc4)ncn3)ccc21. The van der Waals surface area contributed by atoms with Crippen LogP contribution in [0.3, 0.4) is 0 Å². The molecule has 0 aliphatic carbocycles. The standard InChI is InChI=1S/C32H34ClFN6O2S/c1-3-39(4-2)16-5-6-17-40-18-15-24-19-23(7-14-31(24)40)30-21-32(36-22-35-30)37-25-8-10-26(11-9-25)38-43(41,42)27-12-13-29(34)28(33)20-27/h7-15,18-22,38H,3-6,16-17H2,1-2H3,(H,35,36,37). The Morgan fingerprint density at radius 2 is 1.67 bits per heavy atom. The first-order chi connectivity index (χ1) is 20.8. The smallest absolute Gasteiger partial charge is 0.261 e. The van der Waals surface area contributed by atoms with Crippen molar-refractivity contribution in [3.8, 4) is 11.3 Å². The van der Waals surface area contributed by atoms with E-state index < -0.39 is 15.8 Å². The molecule has 0 aliphatic heterocycles. The van der Waals surface area contributed by atoms with E-state index in [1.165, 1.54) is 18.3 Å². The summed E-state index contributed by atoms with van der Waals surface area (Å²) in [6, 6.07) is 20.3. The molecule has 43 heavy (non-hydrogen) atoms. The zero-order chi connectivity index (χ0) is 30.4. The topological polar surface area (TPSA) is 92.2 Å². The predicted molar refractivity (Wildman–Crippen MR) is 172 cm³/mol. The molecule has 5 rings (SSSR count). The van der Waals surface area contributed by atoms with Crippen molar-refractivity contribution in [3.63, 3.8) is 0 Å². The quantitative estimate of drug-likeness (QED) is 0.132. The first-order valence-corrected chi connectivity index (χ1v) is 16.1. The van der Waals surface area contributed by atoms with E-state index >= 15 is 0 Å². The third kappa shape index (κ3) is 7.51. The number of sulfonamides is 1. The largest absolute Gasteiger partial charge is 0.347 e. The van der Waals surface area contributed by atoms with E-state index in [0.717, 1.165) is 67.4 Å². The molecule has 0 fully saturated rings. The van der Waals surface area contributed by atoms with Crippen LogP contribution in [0.15, 0.2) is 90.2 Å². The number of aromatic nitrogens is 3. The molecule has 0 radical (unpaired) electrons. The molecule has 0 atom stereocenters. The van der Waals surface area contributed by atoms with E-state index in [4.69, 9.17) is 11.6 Å². The van der Waals surface area contributed by atoms with Crippen molar-refractivity contribution in [2.24, 2.45) is 0 Å². The number of nitrogens with one attached hydrogen (secondary N) is 2. The normalized spacial score (nSPS) is 11.7. The Labute approximate surface area is 256 Å². The predicted octanol–water partition coefficient (Wildman–Crippen LogP) is 7.56. The first kappa shape index (κ1) is 30.5. The summed E-state index contributed by atoms with van der Waals surface area (Å²) in [6.45, 7) is 8.74. The van der Waals surface area contributed by atoms with Crippen LogP contribution in [-0.4, -0.2) is 47.5 Å². The van der Waals surface area contributed by atoms with Crippen LogP contribution in [0, 0.1) is 5.82 Å². The van der Waals surface area contributed by atoms with Gasteiger partial charge < -0.3 is 14.8 Å². The molecule has 0 saturated heterocycles. The van der Waals surface area contributed by atoms with E-state index in [9.17, 15) is 12.8 Å². The number of rotatable bonds is 13. The second-order valence-corrected chi connectivity index (χ2v) is 12.3. The summed E-state index contributed by atoms with van der Waals surface area (Å²) in [6.07, 6.45) is 5.98. The molecular formula is C32H34ClFN6O2S. The van der Waals surface area contributed by atoms with Crippen LogP contribution in [0.1, 0.15) is 26.7 Å². The number of nitrogens with zero attached hydrogens (tertiary/aromatic N) is 4. The molecule has 0 unspecified atom stereocenters. The molecule has 3 aromatic carbocycles. The molecule has 5 aromatic rings. The minimum Gasteiger partial charge on any atom is -0.347 e. The first-order valence-electron chi connectivity index (χ1n) is 14.2. The van der Waals surface area contributed by atoms with E-state index in [2.05, 4.69) is 73.8 Å². The van der Waals surface area contributed by atoms with Crippen LogP contribution in [0.4, 0.5) is 21.6 Å². The highest BCUT2D eigenvalue weighted by molar-refractivity contribution is 7.92. The van der Waals surface area contributed by atoms with Crippen molar-refractivity contribution in [2.75, 3.05) is 29.7 Å². The summed E-state index contributed by atoms with van der Waals surface area (Å²) in [5.41, 5.74) is 4.04. The average molecular weight is 621 g/mol. The summed E-state index contributed by atoms with van der Waals surface area (Å²) < 4.78 is 43.6. The molecule has 2 heterocycles. The van der Waals surface area contributed by atoms with Gasteiger partial charge in [0.15, 0.2) is 0 Å². The summed E-state index contributed by atoms with van der Waals surface area (Å²) in [5, 5.41) is 4.14. The molecule has 2 aromatic heterocycles. The summed E-state index contributed by atoms with van der Waals surface area (Å²) in [7, 11) is -3.93. The molecule has 0 saturated carbocycles. The molecular weight excluding hydrogens is 587 g/mol. The van der Waals surface area contributed by atoms with Crippen molar-refractivity contribution in [1.29, 1.82) is 0 Å². The van der Waals surface area contributed by atoms with Crippen molar-refractivity contribution < 1.29 is 12.8 Å². The van der Waals surface area contributed by atoms with Gasteiger partial charge in [0.25, 0.3) is 10.0 Å². The van der Waals surface area contributed by atoms with Crippen LogP contribution in [0.5, 0.6) is 0 Å². The van der Waals surface area contributed by atoms with Gasteiger partial charge in [-0.25, -0.2) is 22.8 Å². The number of halogens is 2. The van der Waals surface area contributed by atoms with Gasteiger partial charge >= 0.3 is 0 Å². The number of anilines is 3. The maximum Gasteiger partial charge on any atom is 0.261 e. The van der Waals surface area contributed by atoms with Gasteiger partial charge in [0.1, 0.15) is 18.0 Å². The highest BCUT2D eigenvalue weighted by Crippen LogP contribution is 2.27. The highest BCUT2D eigenvalue weighted by Gasteiger charge is 2.16. The third-order valence-corrected chi connectivity index (χ3v) is 9.03. The Morgan fingerprint density at radius 3 is 2.42 bits per heavy atom. The monoisotopic (exact) mass is 620 g/mol. The van der Waals surface area contributed by atoms with Crippen molar-refractivity contribution in [1.82, 2.24) is 19.4 Å². The summed E-state index contributed by atoms with van der Waals surface area (Å²) in [4.78, 5) is 11.2. The van der Waals surface area contributed by atoms with Crippen molar-refractivity contribution >= 4 is 49.7 Å². The lowest BCUT2D eigenvalue weighted by atomic mass is 10.1. The zero-order valence-electron chi connectivity index (χ0n) is 24.1. The number of hydrogen-bond donors (Lipinski definition) is 2. The fourth-order valence-electron chi connectivity index (χ4n) is 4.92. The van der Waals surface area contributed by atoms with Gasteiger partial charge in [0.2, 0.25) is 0 Å². The van der Waals surface area contributed by atoms with Crippen LogP contribution in [0.2, 0.25) is 5.02 Å². The Hall–Kier alpha value is -3.99. The van der Waals surface area contributed by atoms with Crippen LogP contribution >= 0.6 is 11.6 Å². The Bertz CT molecular complexity index is 1810. The molecule has 2 N–H and O–H groups in total. The Kier molecular flexibility index (Phi) is 9.59. The molecule has 0 aliphatic rings. The van der Waals surface area contributed by atoms with Crippen LogP contribution in [-0.2, 0) is 16.6 Å². The van der Waals surface area contributed by atoms with Crippen LogP contribution < -0.4 is 10.0 Å². The molecule has 224 valence electrons. The highest BCUT2D eigenvalue weighted by atomic mass is 35.5. The minimum atomic E-state index is -3.93. The van der Waals surface area contributed by atoms with E-state index in [0.29, 0.717) is 17.2 Å². The van der Waals surface area contributed by atoms with Gasteiger partial charge in [-0.1, -0.05) is 31.5 Å². The maximum atomic E-state index is 13.4. The van der Waals surface area contributed by atoms with Crippen molar-refractivity contribution in [3.05, 3.63) is 96.2 Å². The summed E-state index contributed by atoms with van der Waals surface area (Å²) >= 11 is 5.75. The maximum absolute atomic E-state index is 13.4. The number of fused-ring (bicyclic) bond motifs is 1. The van der Waals surface area contributed by atoms with Gasteiger partial charge in [-0.3, -0.25) is 4.72 Å². The lowest BCUT2D eigenvalue weighted by molar-refractivity contribution is 0.294. The van der Waals surface area contributed by atoms with Gasteiger partial charge in [-0.15, -0.1) is 0 Å². The van der Waals surface area contributed by atoms with Crippen molar-refractivity contribution in [2.45, 2.75) is 38.1 Å². The number of hydrogen-bond acceptors (Lipinski definition) is 6. The van der Waals surface area contributed by atoms with Crippen LogP contribution in [0.25, 0.3) is 22.2 Å². The van der Waals surface area contributed by atoms with Gasteiger partial charge in [0, 0.05) is 46.6 Å². The third-order valence-electron chi connectivity index (χ3n) is 7.36. The fourth-order valence-corrected chi connectivity index (χ4v) is 6.25. The van der Waals surface area contributed by atoms with E-state index in [1.54, 1.807) is 24.3 Å². The molecule has 0 amide bonds. The van der Waals surface area contributed by atoms with Gasteiger partial charge in [-0.05, 0) is 93.1 Å². The van der Waals surface area contributed by atoms with E-state index in [-0.39, 0.29) is 9.92 Å². The Morgan fingerprint density at radius 1 is 0.907 bits per heavy atom. The fraction of sp³-hybridized carbons (Fsp3) is 0.250. The summed E-state index contributed by atoms with van der Waals surface area (Å²) in [5.74, 6) is -0.0824. The molecule has 0 bridgehead atoms. The lowest BCUT2D eigenvalue weighted by Crippen LogP contribution is -2.24. The molecule has 0 spiro atoms. The zero-order valence-corrected chi connectivity index (χ0v) is 25.7. The molecule has 11 heteroatoms. The van der Waals surface area contributed by atoms with Gasteiger partial charge in [0.05, 0.1) is 15.6 Å². The lowest BCUT2D eigenvalue weighted by Gasteiger charge is -2.17. The Balaban J connectivity index is 1.23. The number of unbranched alkanes of at least 4 members (excludes halogenated alkanes) is 1. The van der Waals surface area contributed by atoms with Gasteiger partial charge in [-0.2, -0.15) is 0 Å². The minimum absolute atomic E-state index is 0.129. The average Bonchev–Trinajstić information content (AvgIpc) is 3.41. The number of benzene rings is 3. The van der Waals surface area contributed by atoms with E-state index in [1.807, 2.05) is 6.07 Å². The second kappa shape index (κ2) is 13.5. The molecule has 8 nitrogen and oxygen atoms in total. The number of aryl methyl sites for hydroxylation is 1. The second-order valence-electron chi connectivity index (χ2n) is 10.2.